The van der Waals surface area contributed by atoms with E-state index in [1.54, 1.807) is 0 Å². The highest BCUT2D eigenvalue weighted by Crippen LogP contribution is 2.42. The van der Waals surface area contributed by atoms with E-state index in [1.807, 2.05) is 24.3 Å². The molecule has 2 heterocycles. The molecular formula is C59H38N4. The van der Waals surface area contributed by atoms with Crippen molar-refractivity contribution in [3.63, 3.8) is 0 Å². The van der Waals surface area contributed by atoms with Crippen molar-refractivity contribution in [2.75, 3.05) is 0 Å². The zero-order chi connectivity index (χ0) is 41.7. The van der Waals surface area contributed by atoms with Crippen molar-refractivity contribution in [3.05, 3.63) is 231 Å². The van der Waals surface area contributed by atoms with Gasteiger partial charge in [0, 0.05) is 38.5 Å². The number of hydrogen-bond donors (Lipinski definition) is 0. The highest BCUT2D eigenvalue weighted by molar-refractivity contribution is 6.20. The van der Waals surface area contributed by atoms with Gasteiger partial charge in [-0.2, -0.15) is 0 Å². The minimum absolute atomic E-state index is 0.608. The lowest BCUT2D eigenvalue weighted by Gasteiger charge is -2.17. The third-order valence-electron chi connectivity index (χ3n) is 12.2. The van der Waals surface area contributed by atoms with Gasteiger partial charge in [0.25, 0.3) is 0 Å². The van der Waals surface area contributed by atoms with E-state index in [9.17, 15) is 0 Å². The Morgan fingerprint density at radius 1 is 0.270 bits per heavy atom. The monoisotopic (exact) mass is 802 g/mol. The Morgan fingerprint density at radius 3 is 1.51 bits per heavy atom. The van der Waals surface area contributed by atoms with Crippen molar-refractivity contribution in [2.45, 2.75) is 0 Å². The molecule has 0 amide bonds. The summed E-state index contributed by atoms with van der Waals surface area (Å²) in [5, 5.41) is 7.28. The Morgan fingerprint density at radius 2 is 0.794 bits per heavy atom. The zero-order valence-electron chi connectivity index (χ0n) is 34.2. The lowest BCUT2D eigenvalue weighted by molar-refractivity contribution is 1.07. The van der Waals surface area contributed by atoms with Crippen LogP contribution >= 0.6 is 0 Å². The average molecular weight is 803 g/mol. The Hall–Kier alpha value is -8.47. The second-order valence-electron chi connectivity index (χ2n) is 16.0. The summed E-state index contributed by atoms with van der Waals surface area (Å²) in [5.74, 6) is 1.85. The van der Waals surface area contributed by atoms with E-state index in [0.717, 1.165) is 61.3 Å². The SMILES string of the molecule is c1ccc(-c2ccc(-c3nc(-c4ccccc4)nc(-c4ccc(-n5c6cc7ccccc7cc6c6ccc7ccccc7c65)cc4-c4cccc(-c5ccccc5)c4)n3)cc2)cc1. The minimum atomic E-state index is 0.608. The van der Waals surface area contributed by atoms with Gasteiger partial charge in [-0.1, -0.05) is 194 Å². The van der Waals surface area contributed by atoms with Crippen LogP contribution in [0.25, 0.3) is 117 Å². The lowest BCUT2D eigenvalue weighted by Crippen LogP contribution is -2.02. The van der Waals surface area contributed by atoms with E-state index >= 15 is 0 Å². The maximum Gasteiger partial charge on any atom is 0.164 e. The Kier molecular flexibility index (Phi) is 8.79. The third kappa shape index (κ3) is 6.53. The topological polar surface area (TPSA) is 43.6 Å². The maximum absolute atomic E-state index is 5.31. The first kappa shape index (κ1) is 36.4. The minimum Gasteiger partial charge on any atom is -0.309 e. The summed E-state index contributed by atoms with van der Waals surface area (Å²) in [6, 6.07) is 81.9. The molecule has 0 radical (unpaired) electrons. The van der Waals surface area contributed by atoms with Gasteiger partial charge in [0.05, 0.1) is 11.0 Å². The summed E-state index contributed by atoms with van der Waals surface area (Å²) >= 11 is 0. The van der Waals surface area contributed by atoms with Crippen LogP contribution in [0, 0.1) is 0 Å². The number of aromatic nitrogens is 4. The van der Waals surface area contributed by atoms with Crippen LogP contribution in [-0.4, -0.2) is 19.5 Å². The van der Waals surface area contributed by atoms with E-state index in [-0.39, 0.29) is 0 Å². The van der Waals surface area contributed by atoms with E-state index in [1.165, 1.54) is 37.8 Å². The highest BCUT2D eigenvalue weighted by Gasteiger charge is 2.21. The molecule has 0 saturated heterocycles. The van der Waals surface area contributed by atoms with Crippen molar-refractivity contribution < 1.29 is 0 Å². The summed E-state index contributed by atoms with van der Waals surface area (Å²) in [6.45, 7) is 0. The molecule has 12 rings (SSSR count). The van der Waals surface area contributed by atoms with Crippen LogP contribution in [0.4, 0.5) is 0 Å². The Bertz CT molecular complexity index is 3650. The number of fused-ring (bicyclic) bond motifs is 6. The molecule has 294 valence electrons. The summed E-state index contributed by atoms with van der Waals surface area (Å²) in [5.41, 5.74) is 12.9. The fraction of sp³-hybridized carbons (Fsp3) is 0. The summed E-state index contributed by atoms with van der Waals surface area (Å²) < 4.78 is 2.45. The standard InChI is InChI=1S/C59H38N4/c1-4-15-39(16-5-1)41-27-29-44(30-28-41)58-60-57(43-20-8-3-9-21-43)61-59(62-58)52-34-32-49(38-53(52)48-25-14-24-45(35-48)40-17-6-2-7-18-40)63-55-37-47-23-11-10-22-46(47)36-54(55)51-33-31-42-19-12-13-26-50(42)56(51)63/h1-38H. The molecule has 0 unspecified atom stereocenters. The first-order valence-electron chi connectivity index (χ1n) is 21.3. The summed E-state index contributed by atoms with van der Waals surface area (Å²) in [6.07, 6.45) is 0. The van der Waals surface area contributed by atoms with Gasteiger partial charge in [0.1, 0.15) is 0 Å². The van der Waals surface area contributed by atoms with Crippen LogP contribution in [0.1, 0.15) is 0 Å². The maximum atomic E-state index is 5.31. The molecule has 2 aromatic heterocycles. The van der Waals surface area contributed by atoms with Crippen LogP contribution in [0.3, 0.4) is 0 Å². The molecule has 0 saturated carbocycles. The number of hydrogen-bond acceptors (Lipinski definition) is 3. The Balaban J connectivity index is 1.12. The molecule has 4 nitrogen and oxygen atoms in total. The molecule has 0 fully saturated rings. The van der Waals surface area contributed by atoms with Crippen molar-refractivity contribution in [1.82, 2.24) is 19.5 Å². The molecular weight excluding hydrogens is 765 g/mol. The van der Waals surface area contributed by atoms with Crippen molar-refractivity contribution in [3.8, 4) is 73.2 Å². The molecule has 4 heteroatoms. The van der Waals surface area contributed by atoms with Crippen LogP contribution < -0.4 is 0 Å². The van der Waals surface area contributed by atoms with Gasteiger partial charge in [-0.25, -0.2) is 15.0 Å². The normalized spacial score (nSPS) is 11.5. The predicted octanol–water partition coefficient (Wildman–Crippen LogP) is 15.3. The van der Waals surface area contributed by atoms with E-state index < -0.39 is 0 Å². The van der Waals surface area contributed by atoms with E-state index in [2.05, 4.69) is 211 Å². The van der Waals surface area contributed by atoms with Crippen LogP contribution in [0.2, 0.25) is 0 Å². The van der Waals surface area contributed by atoms with Gasteiger partial charge in [-0.3, -0.25) is 0 Å². The van der Waals surface area contributed by atoms with Gasteiger partial charge >= 0.3 is 0 Å². The molecule has 0 aliphatic heterocycles. The third-order valence-corrected chi connectivity index (χ3v) is 12.2. The van der Waals surface area contributed by atoms with E-state index in [0.29, 0.717) is 17.5 Å². The fourth-order valence-electron chi connectivity index (χ4n) is 9.12. The number of benzene rings is 10. The van der Waals surface area contributed by atoms with Gasteiger partial charge < -0.3 is 4.57 Å². The predicted molar refractivity (Wildman–Crippen MR) is 262 cm³/mol. The molecule has 12 aromatic rings. The van der Waals surface area contributed by atoms with Crippen LogP contribution in [0.15, 0.2) is 231 Å². The molecule has 0 N–H and O–H groups in total. The van der Waals surface area contributed by atoms with Gasteiger partial charge in [0.2, 0.25) is 0 Å². The number of rotatable bonds is 7. The van der Waals surface area contributed by atoms with Gasteiger partial charge in [0.15, 0.2) is 17.5 Å². The van der Waals surface area contributed by atoms with Gasteiger partial charge in [-0.05, 0) is 85.9 Å². The molecule has 0 aliphatic rings. The fourth-order valence-corrected chi connectivity index (χ4v) is 9.12. The molecule has 0 atom stereocenters. The zero-order valence-corrected chi connectivity index (χ0v) is 34.2. The lowest BCUT2D eigenvalue weighted by atomic mass is 9.94. The van der Waals surface area contributed by atoms with Crippen molar-refractivity contribution in [1.29, 1.82) is 0 Å². The van der Waals surface area contributed by atoms with Crippen molar-refractivity contribution >= 4 is 43.4 Å². The quantitative estimate of drug-likeness (QED) is 0.161. The molecule has 0 bridgehead atoms. The van der Waals surface area contributed by atoms with Gasteiger partial charge in [-0.15, -0.1) is 0 Å². The first-order chi connectivity index (χ1) is 31.2. The van der Waals surface area contributed by atoms with Crippen LogP contribution in [0.5, 0.6) is 0 Å². The molecule has 0 spiro atoms. The smallest absolute Gasteiger partial charge is 0.164 e. The molecule has 0 aliphatic carbocycles. The summed E-state index contributed by atoms with van der Waals surface area (Å²) in [4.78, 5) is 15.7. The Labute approximate surface area is 365 Å². The second kappa shape index (κ2) is 15.2. The van der Waals surface area contributed by atoms with Crippen molar-refractivity contribution in [2.24, 2.45) is 0 Å². The molecule has 63 heavy (non-hydrogen) atoms. The van der Waals surface area contributed by atoms with E-state index in [4.69, 9.17) is 15.0 Å². The largest absolute Gasteiger partial charge is 0.309 e. The first-order valence-corrected chi connectivity index (χ1v) is 21.3. The average Bonchev–Trinajstić information content (AvgIpc) is 3.69. The summed E-state index contributed by atoms with van der Waals surface area (Å²) in [7, 11) is 0. The highest BCUT2D eigenvalue weighted by atomic mass is 15.0. The van der Waals surface area contributed by atoms with Crippen LogP contribution in [-0.2, 0) is 0 Å². The number of nitrogens with zero attached hydrogens (tertiary/aromatic N) is 4. The second-order valence-corrected chi connectivity index (χ2v) is 16.0. The molecule has 10 aromatic carbocycles.